The molecular formula is C21H19ClN2O5. The van der Waals surface area contributed by atoms with Crippen molar-refractivity contribution in [3.05, 3.63) is 64.2 Å². The molecule has 3 rings (SSSR count). The van der Waals surface area contributed by atoms with E-state index in [2.05, 4.69) is 5.32 Å². The second-order valence-corrected chi connectivity index (χ2v) is 7.00. The van der Waals surface area contributed by atoms with E-state index in [1.807, 2.05) is 0 Å². The van der Waals surface area contributed by atoms with Gasteiger partial charge in [0.2, 0.25) is 0 Å². The van der Waals surface area contributed by atoms with Gasteiger partial charge in [-0.1, -0.05) is 29.8 Å². The van der Waals surface area contributed by atoms with Crippen LogP contribution in [-0.2, 0) is 14.3 Å². The summed E-state index contributed by atoms with van der Waals surface area (Å²) in [6, 6.07) is 11.6. The van der Waals surface area contributed by atoms with Crippen LogP contribution in [0.15, 0.2) is 42.5 Å². The Balaban J connectivity index is 1.53. The fraction of sp³-hybridized carbons (Fsp3) is 0.238. The molecule has 150 valence electrons. The molecule has 0 saturated carbocycles. The first-order valence-electron chi connectivity index (χ1n) is 9.00. The van der Waals surface area contributed by atoms with E-state index in [4.69, 9.17) is 16.3 Å². The van der Waals surface area contributed by atoms with Crippen molar-refractivity contribution in [3.63, 3.8) is 0 Å². The molecule has 0 unspecified atom stereocenters. The largest absolute Gasteiger partial charge is 0.452 e. The molecule has 3 amide bonds. The van der Waals surface area contributed by atoms with Crippen LogP contribution in [0.4, 0.5) is 5.69 Å². The van der Waals surface area contributed by atoms with Gasteiger partial charge >= 0.3 is 5.97 Å². The highest BCUT2D eigenvalue weighted by molar-refractivity contribution is 6.31. The third kappa shape index (κ3) is 4.30. The molecule has 29 heavy (non-hydrogen) atoms. The maximum absolute atomic E-state index is 12.3. The zero-order valence-electron chi connectivity index (χ0n) is 15.9. The number of nitrogens with zero attached hydrogens (tertiary/aromatic N) is 1. The fourth-order valence-corrected chi connectivity index (χ4v) is 3.11. The predicted molar refractivity (Wildman–Crippen MR) is 107 cm³/mol. The first-order valence-corrected chi connectivity index (χ1v) is 9.38. The number of anilines is 1. The molecule has 0 aliphatic carbocycles. The second-order valence-electron chi connectivity index (χ2n) is 6.59. The molecule has 0 fully saturated rings. The molecule has 7 nitrogen and oxygen atoms in total. The number of benzene rings is 2. The molecule has 1 N–H and O–H groups in total. The number of ether oxygens (including phenoxy) is 1. The zero-order valence-corrected chi connectivity index (χ0v) is 16.7. The third-order valence-electron chi connectivity index (χ3n) is 4.62. The summed E-state index contributed by atoms with van der Waals surface area (Å²) in [6.45, 7) is 3.08. The molecule has 0 spiro atoms. The van der Waals surface area contributed by atoms with Gasteiger partial charge in [0, 0.05) is 17.3 Å². The number of esters is 1. The van der Waals surface area contributed by atoms with Gasteiger partial charge in [-0.15, -0.1) is 0 Å². The van der Waals surface area contributed by atoms with E-state index < -0.39 is 29.8 Å². The van der Waals surface area contributed by atoms with Crippen molar-refractivity contribution in [3.8, 4) is 0 Å². The summed E-state index contributed by atoms with van der Waals surface area (Å²) >= 11 is 6.03. The van der Waals surface area contributed by atoms with E-state index in [0.29, 0.717) is 27.4 Å². The van der Waals surface area contributed by atoms with E-state index in [-0.39, 0.29) is 13.0 Å². The Kier molecular flexibility index (Phi) is 5.98. The number of carbonyl (C=O) groups is 4. The normalized spacial score (nSPS) is 13.8. The molecule has 1 aliphatic heterocycles. The Morgan fingerprint density at radius 1 is 1.07 bits per heavy atom. The van der Waals surface area contributed by atoms with Crippen LogP contribution in [0.5, 0.6) is 0 Å². The number of imide groups is 1. The van der Waals surface area contributed by atoms with Crippen molar-refractivity contribution < 1.29 is 23.9 Å². The molecule has 0 aromatic heterocycles. The van der Waals surface area contributed by atoms with Gasteiger partial charge in [-0.2, -0.15) is 0 Å². The third-order valence-corrected chi connectivity index (χ3v) is 5.03. The van der Waals surface area contributed by atoms with Crippen molar-refractivity contribution in [2.45, 2.75) is 26.4 Å². The van der Waals surface area contributed by atoms with Crippen molar-refractivity contribution in [2.24, 2.45) is 0 Å². The Morgan fingerprint density at radius 2 is 1.69 bits per heavy atom. The lowest BCUT2D eigenvalue weighted by atomic mass is 10.1. The number of amides is 3. The minimum Gasteiger partial charge on any atom is -0.452 e. The van der Waals surface area contributed by atoms with Gasteiger partial charge in [-0.05, 0) is 43.7 Å². The highest BCUT2D eigenvalue weighted by atomic mass is 35.5. The van der Waals surface area contributed by atoms with Crippen molar-refractivity contribution >= 4 is 41.0 Å². The summed E-state index contributed by atoms with van der Waals surface area (Å²) in [4.78, 5) is 50.0. The summed E-state index contributed by atoms with van der Waals surface area (Å²) in [6.07, 6.45) is -1.26. The molecule has 1 heterocycles. The van der Waals surface area contributed by atoms with E-state index in [9.17, 15) is 19.2 Å². The number of hydrogen-bond donors (Lipinski definition) is 1. The standard InChI is InChI=1S/C21H19ClN2O5/c1-12-16(22)8-5-9-17(12)23-19(26)13(2)29-18(25)10-11-24-20(27)14-6-3-4-7-15(14)21(24)28/h3-9,13H,10-11H2,1-2H3,(H,23,26)/t13-/m0/s1. The highest BCUT2D eigenvalue weighted by Crippen LogP contribution is 2.24. The van der Waals surface area contributed by atoms with Crippen LogP contribution in [-0.4, -0.2) is 41.2 Å². The van der Waals surface area contributed by atoms with Gasteiger partial charge in [0.1, 0.15) is 0 Å². The number of rotatable bonds is 6. The number of carbonyl (C=O) groups excluding carboxylic acids is 4. The molecule has 0 bridgehead atoms. The summed E-state index contributed by atoms with van der Waals surface area (Å²) in [5.74, 6) is -2.09. The van der Waals surface area contributed by atoms with Gasteiger partial charge in [0.25, 0.3) is 17.7 Å². The number of fused-ring (bicyclic) bond motifs is 1. The van der Waals surface area contributed by atoms with Crippen LogP contribution in [0.1, 0.15) is 39.6 Å². The summed E-state index contributed by atoms with van der Waals surface area (Å²) in [5.41, 5.74) is 1.86. The predicted octanol–water partition coefficient (Wildman–Crippen LogP) is 3.20. The minimum absolute atomic E-state index is 0.118. The first-order chi connectivity index (χ1) is 13.8. The van der Waals surface area contributed by atoms with Crippen molar-refractivity contribution in [2.75, 3.05) is 11.9 Å². The molecule has 8 heteroatoms. The van der Waals surface area contributed by atoms with Gasteiger partial charge in [0.15, 0.2) is 6.10 Å². The Hall–Kier alpha value is -3.19. The molecule has 1 atom stereocenters. The lowest BCUT2D eigenvalue weighted by Crippen LogP contribution is -2.34. The van der Waals surface area contributed by atoms with Gasteiger partial charge in [-0.25, -0.2) is 0 Å². The average molecular weight is 415 g/mol. The lowest BCUT2D eigenvalue weighted by molar-refractivity contribution is -0.153. The first kappa shape index (κ1) is 20.5. The molecule has 2 aromatic carbocycles. The Labute approximate surface area is 172 Å². The van der Waals surface area contributed by atoms with Gasteiger partial charge < -0.3 is 10.1 Å². The summed E-state index contributed by atoms with van der Waals surface area (Å²) in [5, 5.41) is 3.17. The van der Waals surface area contributed by atoms with Crippen molar-refractivity contribution in [1.82, 2.24) is 4.90 Å². The van der Waals surface area contributed by atoms with E-state index in [1.54, 1.807) is 49.4 Å². The zero-order chi connectivity index (χ0) is 21.1. The lowest BCUT2D eigenvalue weighted by Gasteiger charge is -2.17. The molecule has 0 radical (unpaired) electrons. The highest BCUT2D eigenvalue weighted by Gasteiger charge is 2.35. The molecule has 1 aliphatic rings. The second kappa shape index (κ2) is 8.45. The van der Waals surface area contributed by atoms with Gasteiger partial charge in [-0.3, -0.25) is 24.1 Å². The molecule has 0 saturated heterocycles. The molecular weight excluding hydrogens is 396 g/mol. The Morgan fingerprint density at radius 3 is 2.31 bits per heavy atom. The van der Waals surface area contributed by atoms with E-state index in [0.717, 1.165) is 4.90 Å². The van der Waals surface area contributed by atoms with Crippen molar-refractivity contribution in [1.29, 1.82) is 0 Å². The minimum atomic E-state index is -1.05. The maximum atomic E-state index is 12.3. The van der Waals surface area contributed by atoms with Crippen LogP contribution in [0.2, 0.25) is 5.02 Å². The van der Waals surface area contributed by atoms with Crippen LogP contribution in [0.3, 0.4) is 0 Å². The topological polar surface area (TPSA) is 92.8 Å². The smallest absolute Gasteiger partial charge is 0.308 e. The quantitative estimate of drug-likeness (QED) is 0.578. The number of halogens is 1. The van der Waals surface area contributed by atoms with Crippen LogP contribution in [0.25, 0.3) is 0 Å². The number of nitrogens with one attached hydrogen (secondary N) is 1. The molecule has 2 aromatic rings. The number of hydrogen-bond acceptors (Lipinski definition) is 5. The fourth-order valence-electron chi connectivity index (χ4n) is 2.93. The monoisotopic (exact) mass is 414 g/mol. The van der Waals surface area contributed by atoms with E-state index >= 15 is 0 Å². The summed E-state index contributed by atoms with van der Waals surface area (Å²) < 4.78 is 5.13. The van der Waals surface area contributed by atoms with Crippen LogP contribution in [0, 0.1) is 6.92 Å². The van der Waals surface area contributed by atoms with Crippen LogP contribution < -0.4 is 5.32 Å². The van der Waals surface area contributed by atoms with E-state index in [1.165, 1.54) is 6.92 Å². The van der Waals surface area contributed by atoms with Crippen LogP contribution >= 0.6 is 11.6 Å². The average Bonchev–Trinajstić information content (AvgIpc) is 2.94. The maximum Gasteiger partial charge on any atom is 0.308 e. The Bertz CT molecular complexity index is 969. The SMILES string of the molecule is Cc1c(Cl)cccc1NC(=O)[C@H](C)OC(=O)CCN1C(=O)c2ccccc2C1=O. The summed E-state index contributed by atoms with van der Waals surface area (Å²) in [7, 11) is 0. The van der Waals surface area contributed by atoms with Gasteiger partial charge in [0.05, 0.1) is 17.5 Å².